The Morgan fingerprint density at radius 3 is 2.19 bits per heavy atom. The number of aryl methyl sites for hydroxylation is 1. The Bertz CT molecular complexity index is 863. The molecule has 1 aromatic heterocycles. The number of aromatic nitrogens is 1. The molecular formula is C24H29NSi. The molecule has 26 heavy (non-hydrogen) atoms. The lowest BCUT2D eigenvalue weighted by atomic mass is 10.0. The molecule has 1 heterocycles. The predicted molar refractivity (Wildman–Crippen MR) is 117 cm³/mol. The largest absolute Gasteiger partial charge is 0.256 e. The third-order valence-electron chi connectivity index (χ3n) is 4.86. The first-order valence-corrected chi connectivity index (χ1v) is 13.1. The number of pyridine rings is 1. The van der Waals surface area contributed by atoms with Gasteiger partial charge in [0.15, 0.2) is 0 Å². The van der Waals surface area contributed by atoms with E-state index in [1.54, 1.807) is 0 Å². The first-order valence-electron chi connectivity index (χ1n) is 9.64. The van der Waals surface area contributed by atoms with E-state index in [0.717, 1.165) is 12.1 Å². The van der Waals surface area contributed by atoms with Crippen LogP contribution in [0.4, 0.5) is 0 Å². The molecule has 2 aromatic carbocycles. The second-order valence-corrected chi connectivity index (χ2v) is 13.1. The Morgan fingerprint density at radius 2 is 1.50 bits per heavy atom. The minimum atomic E-state index is -1.38. The van der Waals surface area contributed by atoms with E-state index in [2.05, 4.69) is 93.4 Å². The summed E-state index contributed by atoms with van der Waals surface area (Å²) in [6.45, 7) is 9.50. The van der Waals surface area contributed by atoms with Crippen LogP contribution in [0.1, 0.15) is 25.3 Å². The van der Waals surface area contributed by atoms with E-state index in [4.69, 9.17) is 4.98 Å². The molecule has 0 saturated heterocycles. The van der Waals surface area contributed by atoms with Gasteiger partial charge in [-0.25, -0.2) is 0 Å². The molecule has 0 aliphatic rings. The molecule has 0 bridgehead atoms. The van der Waals surface area contributed by atoms with Crippen LogP contribution in [0.2, 0.25) is 19.6 Å². The maximum Gasteiger partial charge on any atom is 0.0799 e. The maximum absolute atomic E-state index is 4.85. The number of unbranched alkanes of at least 4 members (excludes halogenated alkanes) is 1. The average molecular weight is 360 g/mol. The number of benzene rings is 2. The lowest BCUT2D eigenvalue weighted by molar-refractivity contribution is 0.796. The molecule has 1 nitrogen and oxygen atoms in total. The highest BCUT2D eigenvalue weighted by molar-refractivity contribution is 6.89. The third kappa shape index (κ3) is 4.31. The molecule has 3 aromatic rings. The van der Waals surface area contributed by atoms with E-state index in [-0.39, 0.29) is 0 Å². The van der Waals surface area contributed by atoms with Gasteiger partial charge in [0.05, 0.1) is 13.8 Å². The predicted octanol–water partition coefficient (Wildman–Crippen LogP) is 6.30. The molecule has 0 aliphatic carbocycles. The topological polar surface area (TPSA) is 12.9 Å². The molecule has 0 spiro atoms. The molecule has 0 radical (unpaired) electrons. The zero-order valence-corrected chi connectivity index (χ0v) is 17.4. The number of nitrogens with zero attached hydrogens (tertiary/aromatic N) is 1. The van der Waals surface area contributed by atoms with Crippen LogP contribution in [-0.2, 0) is 6.42 Å². The lowest BCUT2D eigenvalue weighted by Crippen LogP contribution is -2.40. The standard InChI is InChI=1S/C24H29NSi/c1-5-6-11-22-17-23(25-18-24(22)26(2,3)4)21-15-10-14-20(16-21)19-12-8-7-9-13-19/h7-10,12-18H,5-6,11H2,1-4H3. The van der Waals surface area contributed by atoms with Gasteiger partial charge in [0.1, 0.15) is 0 Å². The highest BCUT2D eigenvalue weighted by atomic mass is 28.3. The molecule has 0 atom stereocenters. The molecule has 0 unspecified atom stereocenters. The number of rotatable bonds is 6. The van der Waals surface area contributed by atoms with Crippen LogP contribution in [0.3, 0.4) is 0 Å². The maximum atomic E-state index is 4.85. The van der Waals surface area contributed by atoms with Gasteiger partial charge in [0.2, 0.25) is 0 Å². The minimum absolute atomic E-state index is 1.09. The highest BCUT2D eigenvalue weighted by Gasteiger charge is 2.21. The van der Waals surface area contributed by atoms with Gasteiger partial charge in [0, 0.05) is 11.8 Å². The normalized spacial score (nSPS) is 11.5. The molecule has 0 fully saturated rings. The number of hydrogen-bond acceptors (Lipinski definition) is 1. The highest BCUT2D eigenvalue weighted by Crippen LogP contribution is 2.26. The van der Waals surface area contributed by atoms with E-state index in [9.17, 15) is 0 Å². The molecule has 3 rings (SSSR count). The van der Waals surface area contributed by atoms with Crippen LogP contribution in [0.15, 0.2) is 66.9 Å². The van der Waals surface area contributed by atoms with Crippen molar-refractivity contribution in [3.05, 3.63) is 72.4 Å². The van der Waals surface area contributed by atoms with E-state index in [0.29, 0.717) is 0 Å². The van der Waals surface area contributed by atoms with Crippen molar-refractivity contribution in [2.45, 2.75) is 45.8 Å². The molecule has 2 heteroatoms. The second-order valence-electron chi connectivity index (χ2n) is 8.03. The van der Waals surface area contributed by atoms with Crippen LogP contribution in [-0.4, -0.2) is 13.1 Å². The number of hydrogen-bond donors (Lipinski definition) is 0. The minimum Gasteiger partial charge on any atom is -0.256 e. The van der Waals surface area contributed by atoms with Gasteiger partial charge in [-0.3, -0.25) is 4.98 Å². The Morgan fingerprint density at radius 1 is 0.808 bits per heavy atom. The summed E-state index contributed by atoms with van der Waals surface area (Å²) >= 11 is 0. The molecule has 0 N–H and O–H groups in total. The first kappa shape index (κ1) is 18.6. The van der Waals surface area contributed by atoms with Gasteiger partial charge < -0.3 is 0 Å². The Balaban J connectivity index is 2.01. The van der Waals surface area contributed by atoms with E-state index in [1.165, 1.54) is 40.3 Å². The molecule has 134 valence electrons. The van der Waals surface area contributed by atoms with Crippen LogP contribution in [0.5, 0.6) is 0 Å². The fourth-order valence-corrected chi connectivity index (χ4v) is 5.01. The van der Waals surface area contributed by atoms with Crippen LogP contribution >= 0.6 is 0 Å². The van der Waals surface area contributed by atoms with Crippen LogP contribution in [0.25, 0.3) is 22.4 Å². The summed E-state index contributed by atoms with van der Waals surface area (Å²) in [5.41, 5.74) is 6.29. The molecular weight excluding hydrogens is 330 g/mol. The monoisotopic (exact) mass is 359 g/mol. The summed E-state index contributed by atoms with van der Waals surface area (Å²) in [6, 6.07) is 21.6. The SMILES string of the molecule is CCCCc1cc(-c2cccc(-c3ccccc3)c2)ncc1[Si](C)(C)C. The third-order valence-corrected chi connectivity index (χ3v) is 6.93. The van der Waals surface area contributed by atoms with Crippen molar-refractivity contribution in [1.29, 1.82) is 0 Å². The molecule has 0 amide bonds. The summed E-state index contributed by atoms with van der Waals surface area (Å²) < 4.78 is 0. The lowest BCUT2D eigenvalue weighted by Gasteiger charge is -2.21. The van der Waals surface area contributed by atoms with Gasteiger partial charge in [-0.05, 0) is 46.9 Å². The zero-order valence-electron chi connectivity index (χ0n) is 16.4. The molecule has 0 aliphatic heterocycles. The Labute approximate surface area is 159 Å². The summed E-state index contributed by atoms with van der Waals surface area (Å²) in [5, 5.41) is 1.51. The fraction of sp³-hybridized carbons (Fsp3) is 0.292. The van der Waals surface area contributed by atoms with Crippen molar-refractivity contribution in [3.63, 3.8) is 0 Å². The van der Waals surface area contributed by atoms with Crippen molar-refractivity contribution in [2.75, 3.05) is 0 Å². The first-order chi connectivity index (χ1) is 12.5. The van der Waals surface area contributed by atoms with Crippen molar-refractivity contribution < 1.29 is 0 Å². The van der Waals surface area contributed by atoms with Crippen molar-refractivity contribution >= 4 is 13.3 Å². The summed E-state index contributed by atoms with van der Waals surface area (Å²) in [7, 11) is -1.38. The van der Waals surface area contributed by atoms with E-state index < -0.39 is 8.07 Å². The average Bonchev–Trinajstić information content (AvgIpc) is 2.66. The Kier molecular flexibility index (Phi) is 5.73. The van der Waals surface area contributed by atoms with Crippen molar-refractivity contribution in [2.24, 2.45) is 0 Å². The van der Waals surface area contributed by atoms with E-state index >= 15 is 0 Å². The van der Waals surface area contributed by atoms with Gasteiger partial charge in [-0.1, -0.05) is 81.5 Å². The van der Waals surface area contributed by atoms with Crippen LogP contribution < -0.4 is 5.19 Å². The van der Waals surface area contributed by atoms with Crippen LogP contribution in [0, 0.1) is 0 Å². The van der Waals surface area contributed by atoms with Gasteiger partial charge in [0.25, 0.3) is 0 Å². The molecule has 0 saturated carbocycles. The van der Waals surface area contributed by atoms with Gasteiger partial charge in [-0.15, -0.1) is 0 Å². The summed E-state index contributed by atoms with van der Waals surface area (Å²) in [6.07, 6.45) is 5.78. The smallest absolute Gasteiger partial charge is 0.0799 e. The van der Waals surface area contributed by atoms with E-state index in [1.807, 2.05) is 0 Å². The van der Waals surface area contributed by atoms with Crippen molar-refractivity contribution in [1.82, 2.24) is 4.98 Å². The summed E-state index contributed by atoms with van der Waals surface area (Å²) in [5.74, 6) is 0. The quantitative estimate of drug-likeness (QED) is 0.470. The Hall–Kier alpha value is -2.19. The van der Waals surface area contributed by atoms with Gasteiger partial charge in [-0.2, -0.15) is 0 Å². The van der Waals surface area contributed by atoms with Gasteiger partial charge >= 0.3 is 0 Å². The summed E-state index contributed by atoms with van der Waals surface area (Å²) in [4.78, 5) is 4.85. The fourth-order valence-electron chi connectivity index (χ4n) is 3.39. The zero-order chi connectivity index (χ0) is 18.6. The second kappa shape index (κ2) is 8.01. The van der Waals surface area contributed by atoms with Crippen molar-refractivity contribution in [3.8, 4) is 22.4 Å².